The fourth-order valence-corrected chi connectivity index (χ4v) is 5.18. The number of carbonyl (C=O) groups is 1. The molecule has 174 valence electrons. The van der Waals surface area contributed by atoms with E-state index in [0.29, 0.717) is 0 Å². The predicted octanol–water partition coefficient (Wildman–Crippen LogP) is 5.15. The van der Waals surface area contributed by atoms with Crippen molar-refractivity contribution in [3.8, 4) is 0 Å². The topological polar surface area (TPSA) is 71.2 Å². The Hall–Kier alpha value is -3.67. The SMILES string of the molecule is CCc1nc2c(C)cc(C)nc2n1Cc1ccc2c(c1)CCc1cc(CC(=O)O)ccc1N2C. The fraction of sp³-hybridized carbons (Fsp3) is 0.321. The maximum atomic E-state index is 11.2. The first-order valence-electron chi connectivity index (χ1n) is 11.9. The van der Waals surface area contributed by atoms with Gasteiger partial charge >= 0.3 is 5.97 Å². The molecule has 3 heterocycles. The molecule has 0 radical (unpaired) electrons. The number of imidazole rings is 1. The first kappa shape index (κ1) is 22.1. The number of fused-ring (bicyclic) bond motifs is 3. The van der Waals surface area contributed by atoms with Crippen molar-refractivity contribution in [2.75, 3.05) is 11.9 Å². The summed E-state index contributed by atoms with van der Waals surface area (Å²) in [7, 11) is 2.09. The summed E-state index contributed by atoms with van der Waals surface area (Å²) in [6.45, 7) is 7.02. The number of anilines is 2. The van der Waals surface area contributed by atoms with Crippen LogP contribution in [0.5, 0.6) is 0 Å². The van der Waals surface area contributed by atoms with Gasteiger partial charge in [-0.25, -0.2) is 9.97 Å². The second-order valence-corrected chi connectivity index (χ2v) is 9.28. The maximum absolute atomic E-state index is 11.2. The molecule has 0 fully saturated rings. The second-order valence-electron chi connectivity index (χ2n) is 9.28. The Morgan fingerprint density at radius 2 is 1.62 bits per heavy atom. The van der Waals surface area contributed by atoms with Gasteiger partial charge < -0.3 is 14.6 Å². The number of rotatable bonds is 5. The highest BCUT2D eigenvalue weighted by Crippen LogP contribution is 2.36. The van der Waals surface area contributed by atoms with Crippen LogP contribution in [0.15, 0.2) is 42.5 Å². The lowest BCUT2D eigenvalue weighted by Crippen LogP contribution is -2.12. The Morgan fingerprint density at radius 3 is 2.26 bits per heavy atom. The van der Waals surface area contributed by atoms with E-state index >= 15 is 0 Å². The zero-order chi connectivity index (χ0) is 24.0. The van der Waals surface area contributed by atoms with Crippen LogP contribution in [-0.2, 0) is 37.0 Å². The Balaban J connectivity index is 1.49. The molecule has 0 bridgehead atoms. The predicted molar refractivity (Wildman–Crippen MR) is 135 cm³/mol. The van der Waals surface area contributed by atoms with Crippen molar-refractivity contribution in [3.63, 3.8) is 0 Å². The van der Waals surface area contributed by atoms with Gasteiger partial charge in [0.25, 0.3) is 0 Å². The summed E-state index contributed by atoms with van der Waals surface area (Å²) in [5, 5.41) is 9.17. The van der Waals surface area contributed by atoms with Gasteiger partial charge in [-0.15, -0.1) is 0 Å². The van der Waals surface area contributed by atoms with E-state index in [4.69, 9.17) is 15.1 Å². The molecule has 1 aliphatic rings. The molecular weight excluding hydrogens is 424 g/mol. The number of hydrogen-bond donors (Lipinski definition) is 1. The summed E-state index contributed by atoms with van der Waals surface area (Å²) < 4.78 is 2.25. The number of aliphatic carboxylic acids is 1. The Kier molecular flexibility index (Phi) is 5.60. The molecule has 1 N–H and O–H groups in total. The minimum absolute atomic E-state index is 0.0553. The highest BCUT2D eigenvalue weighted by Gasteiger charge is 2.20. The number of carboxylic acids is 1. The number of aromatic nitrogens is 3. The molecule has 0 atom stereocenters. The van der Waals surface area contributed by atoms with E-state index in [-0.39, 0.29) is 6.42 Å². The molecule has 0 unspecified atom stereocenters. The summed E-state index contributed by atoms with van der Waals surface area (Å²) in [5.41, 5.74) is 11.1. The van der Waals surface area contributed by atoms with Crippen molar-refractivity contribution in [3.05, 3.63) is 81.8 Å². The largest absolute Gasteiger partial charge is 0.481 e. The van der Waals surface area contributed by atoms with Crippen LogP contribution in [0.1, 0.15) is 46.3 Å². The molecule has 34 heavy (non-hydrogen) atoms. The molecular formula is C28H30N4O2. The molecule has 0 saturated carbocycles. The van der Waals surface area contributed by atoms with Crippen LogP contribution in [0.4, 0.5) is 11.4 Å². The van der Waals surface area contributed by atoms with Gasteiger partial charge in [-0.1, -0.05) is 31.2 Å². The zero-order valence-corrected chi connectivity index (χ0v) is 20.2. The van der Waals surface area contributed by atoms with E-state index < -0.39 is 5.97 Å². The standard InChI is InChI=1S/C28H30N4O2/c1-5-25-30-27-17(2)12-18(3)29-28(27)32(25)16-20-7-11-24-22(14-20)9-8-21-13-19(15-26(33)34)6-10-23(21)31(24)4/h6-7,10-14H,5,8-9,15-16H2,1-4H3,(H,33,34). The number of benzene rings is 2. The first-order chi connectivity index (χ1) is 16.3. The van der Waals surface area contributed by atoms with Crippen LogP contribution >= 0.6 is 0 Å². The number of aryl methyl sites for hydroxylation is 5. The third-order valence-corrected chi connectivity index (χ3v) is 6.79. The van der Waals surface area contributed by atoms with Crippen molar-refractivity contribution >= 4 is 28.5 Å². The van der Waals surface area contributed by atoms with Gasteiger partial charge in [0.1, 0.15) is 11.3 Å². The molecule has 0 aliphatic carbocycles. The molecule has 6 heteroatoms. The lowest BCUT2D eigenvalue weighted by molar-refractivity contribution is -0.136. The minimum atomic E-state index is -0.798. The monoisotopic (exact) mass is 454 g/mol. The number of hydrogen-bond acceptors (Lipinski definition) is 4. The molecule has 5 rings (SSSR count). The smallest absolute Gasteiger partial charge is 0.307 e. The van der Waals surface area contributed by atoms with Crippen molar-refractivity contribution in [2.24, 2.45) is 0 Å². The zero-order valence-electron chi connectivity index (χ0n) is 20.2. The lowest BCUT2D eigenvalue weighted by atomic mass is 10.0. The Morgan fingerprint density at radius 1 is 0.971 bits per heavy atom. The number of carboxylic acid groups (broad SMARTS) is 1. The van der Waals surface area contributed by atoms with Gasteiger partial charge in [-0.05, 0) is 72.7 Å². The highest BCUT2D eigenvalue weighted by molar-refractivity contribution is 5.76. The summed E-state index contributed by atoms with van der Waals surface area (Å²) >= 11 is 0. The minimum Gasteiger partial charge on any atom is -0.481 e. The van der Waals surface area contributed by atoms with Crippen molar-refractivity contribution in [2.45, 2.75) is 53.0 Å². The maximum Gasteiger partial charge on any atom is 0.307 e. The molecule has 6 nitrogen and oxygen atoms in total. The van der Waals surface area contributed by atoms with Gasteiger partial charge in [0.2, 0.25) is 0 Å². The Bertz CT molecular complexity index is 1420. The molecule has 1 aliphatic heterocycles. The average molecular weight is 455 g/mol. The third-order valence-electron chi connectivity index (χ3n) is 6.79. The molecule has 0 amide bonds. The van der Waals surface area contributed by atoms with E-state index in [9.17, 15) is 4.79 Å². The molecule has 2 aromatic heterocycles. The van der Waals surface area contributed by atoms with Gasteiger partial charge in [0.05, 0.1) is 13.0 Å². The summed E-state index contributed by atoms with van der Waals surface area (Å²) in [4.78, 5) is 23.1. The van der Waals surface area contributed by atoms with Gasteiger partial charge in [-0.2, -0.15) is 0 Å². The van der Waals surface area contributed by atoms with Crippen LogP contribution in [0.2, 0.25) is 0 Å². The average Bonchev–Trinajstić information content (AvgIpc) is 3.07. The first-order valence-corrected chi connectivity index (χ1v) is 11.9. The normalized spacial score (nSPS) is 13.0. The van der Waals surface area contributed by atoms with Crippen LogP contribution < -0.4 is 4.90 Å². The summed E-state index contributed by atoms with van der Waals surface area (Å²) in [6.07, 6.45) is 2.72. The highest BCUT2D eigenvalue weighted by atomic mass is 16.4. The van der Waals surface area contributed by atoms with Crippen LogP contribution in [0.25, 0.3) is 11.2 Å². The Labute approximate surface area is 199 Å². The number of nitrogens with zero attached hydrogens (tertiary/aromatic N) is 4. The van der Waals surface area contributed by atoms with E-state index in [2.05, 4.69) is 60.7 Å². The van der Waals surface area contributed by atoms with Crippen LogP contribution in [0.3, 0.4) is 0 Å². The van der Waals surface area contributed by atoms with E-state index in [1.165, 1.54) is 27.9 Å². The molecule has 0 spiro atoms. The summed E-state index contributed by atoms with van der Waals surface area (Å²) in [5.74, 6) is 0.259. The quantitative estimate of drug-likeness (QED) is 0.451. The van der Waals surface area contributed by atoms with Gasteiger partial charge in [-0.3, -0.25) is 4.79 Å². The van der Waals surface area contributed by atoms with Crippen LogP contribution in [-0.4, -0.2) is 32.7 Å². The van der Waals surface area contributed by atoms with Crippen molar-refractivity contribution in [1.29, 1.82) is 0 Å². The number of pyridine rings is 1. The second kappa shape index (κ2) is 8.60. The van der Waals surface area contributed by atoms with E-state index in [1.807, 2.05) is 19.1 Å². The molecule has 0 saturated heterocycles. The van der Waals surface area contributed by atoms with Crippen molar-refractivity contribution in [1.82, 2.24) is 14.5 Å². The third kappa shape index (κ3) is 3.94. The van der Waals surface area contributed by atoms with Gasteiger partial charge in [0, 0.05) is 30.5 Å². The molecule has 4 aromatic rings. The van der Waals surface area contributed by atoms with Crippen molar-refractivity contribution < 1.29 is 9.90 Å². The molecule has 2 aromatic carbocycles. The van der Waals surface area contributed by atoms with E-state index in [0.717, 1.165) is 59.7 Å². The fourth-order valence-electron chi connectivity index (χ4n) is 5.18. The van der Waals surface area contributed by atoms with E-state index in [1.54, 1.807) is 0 Å². The summed E-state index contributed by atoms with van der Waals surface area (Å²) in [6, 6.07) is 14.8. The lowest BCUT2D eigenvalue weighted by Gasteiger charge is -2.23. The van der Waals surface area contributed by atoms with Crippen LogP contribution in [0, 0.1) is 13.8 Å². The van der Waals surface area contributed by atoms with Gasteiger partial charge in [0.15, 0.2) is 5.65 Å².